The van der Waals surface area contributed by atoms with Crippen LogP contribution in [0.15, 0.2) is 18.2 Å². The van der Waals surface area contributed by atoms with Crippen molar-refractivity contribution in [1.29, 1.82) is 0 Å². The van der Waals surface area contributed by atoms with Gasteiger partial charge in [-0.2, -0.15) is 0 Å². The van der Waals surface area contributed by atoms with E-state index in [0.717, 1.165) is 43.5 Å². The van der Waals surface area contributed by atoms with Crippen LogP contribution in [0.2, 0.25) is 0 Å². The highest BCUT2D eigenvalue weighted by molar-refractivity contribution is 5.99. The highest BCUT2D eigenvalue weighted by Crippen LogP contribution is 2.26. The molecule has 130 valence electrons. The summed E-state index contributed by atoms with van der Waals surface area (Å²) in [4.78, 5) is 26.0. The summed E-state index contributed by atoms with van der Waals surface area (Å²) in [5, 5.41) is 2.85. The third-order valence-electron chi connectivity index (χ3n) is 5.33. The van der Waals surface area contributed by atoms with Gasteiger partial charge in [-0.15, -0.1) is 0 Å². The average molecular weight is 329 g/mol. The number of fused-ring (bicyclic) bond motifs is 1. The Morgan fingerprint density at radius 1 is 1.42 bits per heavy atom. The molecule has 5 nitrogen and oxygen atoms in total. The first kappa shape index (κ1) is 17.0. The van der Waals surface area contributed by atoms with Gasteiger partial charge in [-0.1, -0.05) is 19.1 Å². The Kier molecular flexibility index (Phi) is 5.19. The van der Waals surface area contributed by atoms with Crippen LogP contribution in [0.3, 0.4) is 0 Å². The number of benzene rings is 1. The number of amides is 2. The molecule has 0 spiro atoms. The largest absolute Gasteiger partial charge is 0.338 e. The number of nitrogens with zero attached hydrogens (tertiary/aromatic N) is 1. The molecule has 0 saturated carbocycles. The molecule has 0 bridgehead atoms. The van der Waals surface area contributed by atoms with Crippen LogP contribution in [-0.4, -0.2) is 35.8 Å². The number of carbonyl (C=O) groups is 2. The number of hydrogen-bond acceptors (Lipinski definition) is 3. The van der Waals surface area contributed by atoms with Crippen LogP contribution in [0.4, 0.5) is 5.69 Å². The van der Waals surface area contributed by atoms with Crippen LogP contribution < -0.4 is 11.1 Å². The van der Waals surface area contributed by atoms with Gasteiger partial charge in [-0.25, -0.2) is 0 Å². The first-order chi connectivity index (χ1) is 11.6. The fourth-order valence-electron chi connectivity index (χ4n) is 3.94. The van der Waals surface area contributed by atoms with E-state index >= 15 is 0 Å². The number of nitrogens with two attached hydrogens (primary N) is 1. The van der Waals surface area contributed by atoms with Crippen molar-refractivity contribution >= 4 is 17.5 Å². The Labute approximate surface area is 143 Å². The van der Waals surface area contributed by atoms with Crippen molar-refractivity contribution in [3.63, 3.8) is 0 Å². The third kappa shape index (κ3) is 3.61. The summed E-state index contributed by atoms with van der Waals surface area (Å²) >= 11 is 0. The zero-order valence-corrected chi connectivity index (χ0v) is 14.4. The molecule has 0 aliphatic carbocycles. The summed E-state index contributed by atoms with van der Waals surface area (Å²) in [7, 11) is 0. The summed E-state index contributed by atoms with van der Waals surface area (Å²) in [6, 6.07) is 6.29. The first-order valence-corrected chi connectivity index (χ1v) is 8.99. The number of rotatable bonds is 5. The number of likely N-dealkylation sites (tertiary alicyclic amines) is 1. The molecular weight excluding hydrogens is 302 g/mol. The van der Waals surface area contributed by atoms with E-state index in [2.05, 4.69) is 18.3 Å². The van der Waals surface area contributed by atoms with Crippen molar-refractivity contribution < 1.29 is 9.59 Å². The molecule has 2 atom stereocenters. The number of aryl methyl sites for hydroxylation is 1. The molecular formula is C19H27N3O2. The molecule has 3 N–H and O–H groups in total. The normalized spacial score (nSPS) is 23.1. The van der Waals surface area contributed by atoms with Crippen molar-refractivity contribution in [3.8, 4) is 0 Å². The highest BCUT2D eigenvalue weighted by atomic mass is 16.2. The van der Waals surface area contributed by atoms with Gasteiger partial charge in [0.1, 0.15) is 0 Å². The summed E-state index contributed by atoms with van der Waals surface area (Å²) in [6.07, 6.45) is 4.97. The second kappa shape index (κ2) is 7.34. The Morgan fingerprint density at radius 2 is 2.25 bits per heavy atom. The van der Waals surface area contributed by atoms with E-state index < -0.39 is 0 Å². The van der Waals surface area contributed by atoms with Crippen molar-refractivity contribution in [2.24, 2.45) is 11.7 Å². The molecule has 1 aromatic rings. The third-order valence-corrected chi connectivity index (χ3v) is 5.33. The zero-order chi connectivity index (χ0) is 17.1. The standard InChI is InChI=1S/C19H27N3O2/c1-13-4-3-9-22(17(13)12-20)19(24)6-2-5-14-7-8-16-15(10-14)11-18(23)21-16/h7-8,10,13,17H,2-6,9,11-12,20H2,1H3,(H,21,23)/t13-,17-/m0/s1. The Balaban J connectivity index is 1.52. The molecule has 2 aliphatic heterocycles. The number of nitrogens with one attached hydrogen (secondary N) is 1. The average Bonchev–Trinajstić information content (AvgIpc) is 2.93. The lowest BCUT2D eigenvalue weighted by molar-refractivity contribution is -0.136. The molecule has 5 heteroatoms. The maximum Gasteiger partial charge on any atom is 0.228 e. The zero-order valence-electron chi connectivity index (χ0n) is 14.4. The van der Waals surface area contributed by atoms with Gasteiger partial charge in [0.25, 0.3) is 0 Å². The van der Waals surface area contributed by atoms with Crippen molar-refractivity contribution in [2.75, 3.05) is 18.4 Å². The van der Waals surface area contributed by atoms with Crippen LogP contribution >= 0.6 is 0 Å². The fraction of sp³-hybridized carbons (Fsp3) is 0.579. The van der Waals surface area contributed by atoms with Crippen molar-refractivity contribution in [3.05, 3.63) is 29.3 Å². The topological polar surface area (TPSA) is 75.4 Å². The minimum absolute atomic E-state index is 0.0596. The molecule has 24 heavy (non-hydrogen) atoms. The van der Waals surface area contributed by atoms with Gasteiger partial charge in [0, 0.05) is 31.2 Å². The van der Waals surface area contributed by atoms with Gasteiger partial charge >= 0.3 is 0 Å². The minimum Gasteiger partial charge on any atom is -0.338 e. The predicted octanol–water partition coefficient (Wildman–Crippen LogP) is 2.09. The van der Waals surface area contributed by atoms with Crippen LogP contribution in [-0.2, 0) is 22.4 Å². The molecule has 3 rings (SSSR count). The summed E-state index contributed by atoms with van der Waals surface area (Å²) in [5.41, 5.74) is 9.06. The van der Waals surface area contributed by atoms with Gasteiger partial charge < -0.3 is 16.0 Å². The van der Waals surface area contributed by atoms with E-state index in [1.54, 1.807) is 0 Å². The Morgan fingerprint density at radius 3 is 3.04 bits per heavy atom. The predicted molar refractivity (Wildman–Crippen MR) is 94.7 cm³/mol. The highest BCUT2D eigenvalue weighted by Gasteiger charge is 2.30. The summed E-state index contributed by atoms with van der Waals surface area (Å²) < 4.78 is 0. The lowest BCUT2D eigenvalue weighted by atomic mass is 9.90. The molecule has 1 aromatic carbocycles. The number of piperidine rings is 1. The fourth-order valence-corrected chi connectivity index (χ4v) is 3.94. The van der Waals surface area contributed by atoms with E-state index in [0.29, 0.717) is 25.3 Å². The Bertz CT molecular complexity index is 629. The SMILES string of the molecule is C[C@H]1CCCN(C(=O)CCCc2ccc3c(c2)CC(=O)N3)[C@H]1CN. The first-order valence-electron chi connectivity index (χ1n) is 8.99. The van der Waals surface area contributed by atoms with Gasteiger partial charge in [0.2, 0.25) is 11.8 Å². The lowest BCUT2D eigenvalue weighted by Crippen LogP contribution is -2.51. The van der Waals surface area contributed by atoms with Gasteiger partial charge in [-0.3, -0.25) is 9.59 Å². The van der Waals surface area contributed by atoms with E-state index in [1.165, 1.54) is 5.56 Å². The van der Waals surface area contributed by atoms with E-state index in [9.17, 15) is 9.59 Å². The Hall–Kier alpha value is -1.88. The molecule has 1 saturated heterocycles. The molecule has 2 amide bonds. The second-order valence-electron chi connectivity index (χ2n) is 7.08. The summed E-state index contributed by atoms with van der Waals surface area (Å²) in [5.74, 6) is 0.786. The number of carbonyl (C=O) groups excluding carboxylic acids is 2. The van der Waals surface area contributed by atoms with Gasteiger partial charge in [0.05, 0.1) is 6.42 Å². The maximum atomic E-state index is 12.5. The quantitative estimate of drug-likeness (QED) is 0.868. The van der Waals surface area contributed by atoms with E-state index in [1.807, 2.05) is 17.0 Å². The van der Waals surface area contributed by atoms with Crippen LogP contribution in [0.5, 0.6) is 0 Å². The van der Waals surface area contributed by atoms with Gasteiger partial charge in [0.15, 0.2) is 0 Å². The second-order valence-corrected chi connectivity index (χ2v) is 7.08. The molecule has 2 aliphatic rings. The molecule has 0 unspecified atom stereocenters. The van der Waals surface area contributed by atoms with E-state index in [-0.39, 0.29) is 17.9 Å². The molecule has 0 aromatic heterocycles. The molecule has 1 fully saturated rings. The lowest BCUT2D eigenvalue weighted by Gasteiger charge is -2.39. The monoisotopic (exact) mass is 329 g/mol. The van der Waals surface area contributed by atoms with Crippen LogP contribution in [0.25, 0.3) is 0 Å². The number of hydrogen-bond donors (Lipinski definition) is 2. The van der Waals surface area contributed by atoms with Gasteiger partial charge in [-0.05, 0) is 48.8 Å². The van der Waals surface area contributed by atoms with Crippen LogP contribution in [0, 0.1) is 5.92 Å². The van der Waals surface area contributed by atoms with Crippen molar-refractivity contribution in [2.45, 2.75) is 51.5 Å². The summed E-state index contributed by atoms with van der Waals surface area (Å²) in [6.45, 7) is 3.59. The molecule has 2 heterocycles. The smallest absolute Gasteiger partial charge is 0.228 e. The number of anilines is 1. The maximum absolute atomic E-state index is 12.5. The molecule has 0 radical (unpaired) electrons. The minimum atomic E-state index is 0.0596. The van der Waals surface area contributed by atoms with E-state index in [4.69, 9.17) is 5.73 Å². The van der Waals surface area contributed by atoms with Crippen LogP contribution in [0.1, 0.15) is 43.7 Å². The van der Waals surface area contributed by atoms with Crippen molar-refractivity contribution in [1.82, 2.24) is 4.90 Å².